The molecule has 1 aromatic heterocycles. The SMILES string of the molecule is CCN(CC)C(=O)c1ccc(S(=O)(=O)NCc2ccc(-n3ccnc3)c(F)c2)cc1. The van der Waals surface area contributed by atoms with E-state index < -0.39 is 15.8 Å². The number of carbonyl (C=O) groups is 1. The van der Waals surface area contributed by atoms with Crippen molar-refractivity contribution in [3.05, 3.63) is 78.1 Å². The van der Waals surface area contributed by atoms with Crippen molar-refractivity contribution in [2.75, 3.05) is 13.1 Å². The third-order valence-electron chi connectivity index (χ3n) is 4.72. The van der Waals surface area contributed by atoms with Crippen LogP contribution >= 0.6 is 0 Å². The van der Waals surface area contributed by atoms with E-state index in [0.717, 1.165) is 0 Å². The normalized spacial score (nSPS) is 11.4. The van der Waals surface area contributed by atoms with Gasteiger partial charge in [-0.05, 0) is 55.8 Å². The van der Waals surface area contributed by atoms with Crippen molar-refractivity contribution in [3.8, 4) is 5.69 Å². The van der Waals surface area contributed by atoms with E-state index in [0.29, 0.717) is 29.9 Å². The molecule has 3 rings (SSSR count). The zero-order valence-electron chi connectivity index (χ0n) is 16.7. The number of imidazole rings is 1. The predicted octanol–water partition coefficient (Wildman–Crippen LogP) is 2.97. The Labute approximate surface area is 175 Å². The van der Waals surface area contributed by atoms with Crippen LogP contribution in [0.25, 0.3) is 5.69 Å². The Morgan fingerprint density at radius 2 is 1.83 bits per heavy atom. The summed E-state index contributed by atoms with van der Waals surface area (Å²) in [7, 11) is -3.81. The highest BCUT2D eigenvalue weighted by Gasteiger charge is 2.17. The molecular formula is C21H23FN4O3S. The molecule has 9 heteroatoms. The molecule has 0 aliphatic carbocycles. The molecule has 7 nitrogen and oxygen atoms in total. The molecule has 1 amide bonds. The molecule has 30 heavy (non-hydrogen) atoms. The summed E-state index contributed by atoms with van der Waals surface area (Å²) >= 11 is 0. The van der Waals surface area contributed by atoms with Crippen LogP contribution in [0, 0.1) is 5.82 Å². The van der Waals surface area contributed by atoms with Gasteiger partial charge in [-0.25, -0.2) is 22.5 Å². The van der Waals surface area contributed by atoms with Gasteiger partial charge in [-0.2, -0.15) is 0 Å². The van der Waals surface area contributed by atoms with E-state index in [4.69, 9.17) is 0 Å². The Kier molecular flexibility index (Phi) is 6.63. The number of halogens is 1. The quantitative estimate of drug-likeness (QED) is 0.596. The molecule has 0 saturated carbocycles. The van der Waals surface area contributed by atoms with Gasteiger partial charge >= 0.3 is 0 Å². The topological polar surface area (TPSA) is 84.3 Å². The second kappa shape index (κ2) is 9.19. The fourth-order valence-electron chi connectivity index (χ4n) is 3.00. The van der Waals surface area contributed by atoms with E-state index in [1.165, 1.54) is 41.2 Å². The van der Waals surface area contributed by atoms with Crippen molar-refractivity contribution in [2.45, 2.75) is 25.3 Å². The lowest BCUT2D eigenvalue weighted by atomic mass is 10.2. The minimum atomic E-state index is -3.81. The van der Waals surface area contributed by atoms with Crippen LogP contribution < -0.4 is 4.72 Å². The molecule has 0 radical (unpaired) electrons. The van der Waals surface area contributed by atoms with Crippen molar-refractivity contribution in [2.24, 2.45) is 0 Å². The molecule has 3 aromatic rings. The molecule has 158 valence electrons. The smallest absolute Gasteiger partial charge is 0.253 e. The van der Waals surface area contributed by atoms with E-state index >= 15 is 0 Å². The Bertz CT molecular complexity index is 1110. The van der Waals surface area contributed by atoms with Crippen molar-refractivity contribution in [3.63, 3.8) is 0 Å². The first-order valence-corrected chi connectivity index (χ1v) is 11.0. The van der Waals surface area contributed by atoms with Crippen molar-refractivity contribution >= 4 is 15.9 Å². The lowest BCUT2D eigenvalue weighted by Gasteiger charge is -2.18. The molecule has 2 aromatic carbocycles. The summed E-state index contributed by atoms with van der Waals surface area (Å²) in [5.41, 5.74) is 1.23. The van der Waals surface area contributed by atoms with Gasteiger partial charge in [0.25, 0.3) is 5.91 Å². The number of nitrogens with zero attached hydrogens (tertiary/aromatic N) is 3. The first-order valence-electron chi connectivity index (χ1n) is 9.51. The molecule has 0 aliphatic rings. The molecule has 0 unspecified atom stereocenters. The van der Waals surface area contributed by atoms with Crippen LogP contribution in [0.15, 0.2) is 66.1 Å². The summed E-state index contributed by atoms with van der Waals surface area (Å²) in [6, 6.07) is 10.3. The number of sulfonamides is 1. The summed E-state index contributed by atoms with van der Waals surface area (Å²) < 4.78 is 43.4. The fourth-order valence-corrected chi connectivity index (χ4v) is 4.02. The van der Waals surface area contributed by atoms with Crippen LogP contribution in [0.4, 0.5) is 4.39 Å². The van der Waals surface area contributed by atoms with Crippen LogP contribution in [-0.4, -0.2) is 41.9 Å². The average molecular weight is 431 g/mol. The van der Waals surface area contributed by atoms with E-state index in [2.05, 4.69) is 9.71 Å². The standard InChI is InChI=1S/C21H23FN4O3S/c1-3-25(4-2)21(27)17-6-8-18(9-7-17)30(28,29)24-14-16-5-10-20(19(22)13-16)26-12-11-23-15-26/h5-13,15,24H,3-4,14H2,1-2H3. The highest BCUT2D eigenvalue weighted by atomic mass is 32.2. The largest absolute Gasteiger partial charge is 0.339 e. The second-order valence-electron chi connectivity index (χ2n) is 6.58. The number of aromatic nitrogens is 2. The number of benzene rings is 2. The van der Waals surface area contributed by atoms with E-state index in [9.17, 15) is 17.6 Å². The first kappa shape index (κ1) is 21.7. The highest BCUT2D eigenvalue weighted by Crippen LogP contribution is 2.17. The maximum atomic E-state index is 14.3. The van der Waals surface area contributed by atoms with Gasteiger partial charge in [0.1, 0.15) is 5.82 Å². The number of nitrogens with one attached hydrogen (secondary N) is 1. The Morgan fingerprint density at radius 1 is 1.13 bits per heavy atom. The third kappa shape index (κ3) is 4.74. The van der Waals surface area contributed by atoms with Crippen LogP contribution in [0.2, 0.25) is 0 Å². The van der Waals surface area contributed by atoms with Crippen LogP contribution in [-0.2, 0) is 16.6 Å². The maximum absolute atomic E-state index is 14.3. The molecule has 0 aliphatic heterocycles. The van der Waals surface area contributed by atoms with Gasteiger partial charge in [0.05, 0.1) is 16.9 Å². The Hall–Kier alpha value is -3.04. The number of hydrogen-bond donors (Lipinski definition) is 1. The van der Waals surface area contributed by atoms with Gasteiger partial charge in [-0.1, -0.05) is 6.07 Å². The van der Waals surface area contributed by atoms with Crippen molar-refractivity contribution in [1.82, 2.24) is 19.2 Å². The zero-order chi connectivity index (χ0) is 21.7. The summed E-state index contributed by atoms with van der Waals surface area (Å²) in [6.45, 7) is 4.85. The fraction of sp³-hybridized carbons (Fsp3) is 0.238. The molecule has 1 heterocycles. The lowest BCUT2D eigenvalue weighted by Crippen LogP contribution is -2.30. The van der Waals surface area contributed by atoms with E-state index in [-0.39, 0.29) is 17.3 Å². The minimum Gasteiger partial charge on any atom is -0.339 e. The molecule has 0 spiro atoms. The summed E-state index contributed by atoms with van der Waals surface area (Å²) in [5.74, 6) is -0.630. The summed E-state index contributed by atoms with van der Waals surface area (Å²) in [5, 5.41) is 0. The molecule has 1 N–H and O–H groups in total. The number of carbonyl (C=O) groups excluding carboxylic acids is 1. The Morgan fingerprint density at radius 3 is 2.40 bits per heavy atom. The third-order valence-corrected chi connectivity index (χ3v) is 6.14. The van der Waals surface area contributed by atoms with Gasteiger partial charge in [-0.15, -0.1) is 0 Å². The Balaban J connectivity index is 1.69. The maximum Gasteiger partial charge on any atom is 0.253 e. The van der Waals surface area contributed by atoms with E-state index in [1.807, 2.05) is 13.8 Å². The van der Waals surface area contributed by atoms with Crippen LogP contribution in [0.5, 0.6) is 0 Å². The first-order chi connectivity index (χ1) is 14.4. The van der Waals surface area contributed by atoms with E-state index in [1.54, 1.807) is 29.4 Å². The number of rotatable bonds is 8. The van der Waals surface area contributed by atoms with Crippen molar-refractivity contribution < 1.29 is 17.6 Å². The van der Waals surface area contributed by atoms with Crippen LogP contribution in [0.1, 0.15) is 29.8 Å². The number of hydrogen-bond acceptors (Lipinski definition) is 4. The number of amides is 1. The monoisotopic (exact) mass is 430 g/mol. The highest BCUT2D eigenvalue weighted by molar-refractivity contribution is 7.89. The van der Waals surface area contributed by atoms with Gasteiger partial charge in [-0.3, -0.25) is 4.79 Å². The molecule has 0 fully saturated rings. The van der Waals surface area contributed by atoms with Gasteiger partial charge in [0, 0.05) is 37.6 Å². The van der Waals surface area contributed by atoms with Gasteiger partial charge < -0.3 is 9.47 Å². The summed E-state index contributed by atoms with van der Waals surface area (Å²) in [6.07, 6.45) is 4.65. The van der Waals surface area contributed by atoms with Crippen molar-refractivity contribution in [1.29, 1.82) is 0 Å². The molecular weight excluding hydrogens is 407 g/mol. The van der Waals surface area contributed by atoms with Crippen LogP contribution in [0.3, 0.4) is 0 Å². The van der Waals surface area contributed by atoms with Gasteiger partial charge in [0.15, 0.2) is 0 Å². The van der Waals surface area contributed by atoms with Gasteiger partial charge in [0.2, 0.25) is 10.0 Å². The predicted molar refractivity (Wildman–Crippen MR) is 111 cm³/mol. The minimum absolute atomic E-state index is 0.0362. The lowest BCUT2D eigenvalue weighted by molar-refractivity contribution is 0.0773. The molecule has 0 saturated heterocycles. The zero-order valence-corrected chi connectivity index (χ0v) is 17.6. The molecule has 0 atom stereocenters. The average Bonchev–Trinajstić information content (AvgIpc) is 3.28. The molecule has 0 bridgehead atoms. The second-order valence-corrected chi connectivity index (χ2v) is 8.35. The summed E-state index contributed by atoms with van der Waals surface area (Å²) in [4.78, 5) is 17.9.